The second-order valence-corrected chi connectivity index (χ2v) is 3.82. The van der Waals surface area contributed by atoms with Crippen LogP contribution in [0.4, 0.5) is 0 Å². The maximum absolute atomic E-state index is 5.43. The van der Waals surface area contributed by atoms with E-state index < -0.39 is 0 Å². The van der Waals surface area contributed by atoms with Crippen molar-refractivity contribution in [3.63, 3.8) is 0 Å². The van der Waals surface area contributed by atoms with Gasteiger partial charge in [0.2, 0.25) is 0 Å². The van der Waals surface area contributed by atoms with Crippen molar-refractivity contribution in [3.8, 4) is 0 Å². The van der Waals surface area contributed by atoms with Gasteiger partial charge in [0.25, 0.3) is 0 Å². The first-order valence-electron chi connectivity index (χ1n) is 5.98. The van der Waals surface area contributed by atoms with Crippen molar-refractivity contribution in [1.29, 1.82) is 0 Å². The Balaban J connectivity index is 2.13. The maximum Gasteiger partial charge on any atom is 0.0632 e. The van der Waals surface area contributed by atoms with Crippen LogP contribution < -0.4 is 5.32 Å². The van der Waals surface area contributed by atoms with Gasteiger partial charge in [0.05, 0.1) is 19.8 Å². The summed E-state index contributed by atoms with van der Waals surface area (Å²) in [6.07, 6.45) is 0. The van der Waals surface area contributed by atoms with E-state index in [1.807, 2.05) is 6.92 Å². The summed E-state index contributed by atoms with van der Waals surface area (Å²) in [5.41, 5.74) is 0. The van der Waals surface area contributed by atoms with Gasteiger partial charge in [-0.25, -0.2) is 0 Å². The van der Waals surface area contributed by atoms with E-state index in [-0.39, 0.29) is 0 Å². The van der Waals surface area contributed by atoms with Gasteiger partial charge in [0.1, 0.15) is 0 Å². The summed E-state index contributed by atoms with van der Waals surface area (Å²) in [5.74, 6) is 0. The Hall–Kier alpha value is -0.160. The SMILES string of the molecule is CCOCCN(CC)CC1COCCN1. The van der Waals surface area contributed by atoms with E-state index in [9.17, 15) is 0 Å². The van der Waals surface area contributed by atoms with Crippen molar-refractivity contribution < 1.29 is 9.47 Å². The third-order valence-electron chi connectivity index (χ3n) is 2.68. The van der Waals surface area contributed by atoms with Gasteiger partial charge in [0, 0.05) is 32.3 Å². The zero-order valence-corrected chi connectivity index (χ0v) is 10.00. The minimum atomic E-state index is 0.486. The Morgan fingerprint density at radius 3 is 2.93 bits per heavy atom. The predicted molar refractivity (Wildman–Crippen MR) is 61.2 cm³/mol. The molecule has 0 aromatic rings. The van der Waals surface area contributed by atoms with Crippen LogP contribution >= 0.6 is 0 Å². The van der Waals surface area contributed by atoms with Crippen LogP contribution in [0.1, 0.15) is 13.8 Å². The average molecular weight is 216 g/mol. The van der Waals surface area contributed by atoms with Gasteiger partial charge in [0.15, 0.2) is 0 Å². The van der Waals surface area contributed by atoms with Gasteiger partial charge in [-0.05, 0) is 13.5 Å². The Morgan fingerprint density at radius 1 is 1.47 bits per heavy atom. The van der Waals surface area contributed by atoms with Crippen LogP contribution in [0.3, 0.4) is 0 Å². The highest BCUT2D eigenvalue weighted by atomic mass is 16.5. The van der Waals surface area contributed by atoms with Gasteiger partial charge in [-0.3, -0.25) is 4.90 Å². The first kappa shape index (κ1) is 12.9. The lowest BCUT2D eigenvalue weighted by molar-refractivity contribution is 0.0546. The number of rotatable bonds is 7. The quantitative estimate of drug-likeness (QED) is 0.622. The Kier molecular flexibility index (Phi) is 6.92. The van der Waals surface area contributed by atoms with Gasteiger partial charge in [-0.1, -0.05) is 6.92 Å². The number of ether oxygens (including phenoxy) is 2. The molecule has 1 unspecified atom stereocenters. The highest BCUT2D eigenvalue weighted by Gasteiger charge is 2.15. The Morgan fingerprint density at radius 2 is 2.33 bits per heavy atom. The minimum Gasteiger partial charge on any atom is -0.380 e. The molecule has 0 aliphatic carbocycles. The van der Waals surface area contributed by atoms with Crippen LogP contribution in [-0.2, 0) is 9.47 Å². The van der Waals surface area contributed by atoms with Crippen molar-refractivity contribution in [3.05, 3.63) is 0 Å². The molecule has 0 radical (unpaired) electrons. The minimum absolute atomic E-state index is 0.486. The van der Waals surface area contributed by atoms with E-state index in [0.29, 0.717) is 6.04 Å². The Labute approximate surface area is 92.9 Å². The number of morpholine rings is 1. The molecule has 4 heteroatoms. The monoisotopic (exact) mass is 216 g/mol. The summed E-state index contributed by atoms with van der Waals surface area (Å²) in [4.78, 5) is 2.40. The van der Waals surface area contributed by atoms with Crippen LogP contribution in [-0.4, -0.2) is 63.5 Å². The lowest BCUT2D eigenvalue weighted by atomic mass is 10.2. The zero-order valence-electron chi connectivity index (χ0n) is 10.00. The molecule has 1 fully saturated rings. The highest BCUT2D eigenvalue weighted by Crippen LogP contribution is 1.97. The standard InChI is InChI=1S/C11H24N2O2/c1-3-13(6-8-14-4-2)9-11-10-15-7-5-12-11/h11-12H,3-10H2,1-2H3. The molecule has 15 heavy (non-hydrogen) atoms. The average Bonchev–Trinajstić information content (AvgIpc) is 2.29. The van der Waals surface area contributed by atoms with Crippen LogP contribution in [0.5, 0.6) is 0 Å². The topological polar surface area (TPSA) is 33.7 Å². The van der Waals surface area contributed by atoms with E-state index >= 15 is 0 Å². The second-order valence-electron chi connectivity index (χ2n) is 3.82. The van der Waals surface area contributed by atoms with Gasteiger partial charge < -0.3 is 14.8 Å². The fourth-order valence-corrected chi connectivity index (χ4v) is 1.77. The number of hydrogen-bond acceptors (Lipinski definition) is 4. The van der Waals surface area contributed by atoms with Crippen molar-refractivity contribution >= 4 is 0 Å². The summed E-state index contributed by atoms with van der Waals surface area (Å²) in [5, 5.41) is 3.47. The molecular weight excluding hydrogens is 192 g/mol. The fraction of sp³-hybridized carbons (Fsp3) is 1.00. The normalized spacial score (nSPS) is 22.2. The molecule has 0 aromatic heterocycles. The summed E-state index contributed by atoms with van der Waals surface area (Å²) < 4.78 is 10.8. The molecule has 0 spiro atoms. The van der Waals surface area contributed by atoms with E-state index in [0.717, 1.165) is 52.6 Å². The molecule has 0 aromatic carbocycles. The second kappa shape index (κ2) is 8.05. The molecule has 90 valence electrons. The van der Waals surface area contributed by atoms with E-state index in [1.165, 1.54) is 0 Å². The van der Waals surface area contributed by atoms with Crippen LogP contribution in [0.25, 0.3) is 0 Å². The summed E-state index contributed by atoms with van der Waals surface area (Å²) in [7, 11) is 0. The van der Waals surface area contributed by atoms with Gasteiger partial charge in [-0.2, -0.15) is 0 Å². The molecule has 1 atom stereocenters. The summed E-state index contributed by atoms with van der Waals surface area (Å²) >= 11 is 0. The first-order valence-corrected chi connectivity index (χ1v) is 5.98. The lowest BCUT2D eigenvalue weighted by Crippen LogP contribution is -2.49. The molecule has 4 nitrogen and oxygen atoms in total. The molecule has 1 N–H and O–H groups in total. The summed E-state index contributed by atoms with van der Waals surface area (Å²) in [6.45, 7) is 11.7. The third-order valence-corrected chi connectivity index (χ3v) is 2.68. The molecule has 1 rings (SSSR count). The van der Waals surface area contributed by atoms with E-state index in [1.54, 1.807) is 0 Å². The fourth-order valence-electron chi connectivity index (χ4n) is 1.77. The molecule has 1 aliphatic rings. The van der Waals surface area contributed by atoms with Crippen LogP contribution in [0.2, 0.25) is 0 Å². The van der Waals surface area contributed by atoms with E-state index in [2.05, 4.69) is 17.1 Å². The van der Waals surface area contributed by atoms with Gasteiger partial charge in [-0.15, -0.1) is 0 Å². The molecule has 0 amide bonds. The van der Waals surface area contributed by atoms with Crippen LogP contribution in [0.15, 0.2) is 0 Å². The van der Waals surface area contributed by atoms with E-state index in [4.69, 9.17) is 9.47 Å². The van der Waals surface area contributed by atoms with Crippen molar-refractivity contribution in [1.82, 2.24) is 10.2 Å². The number of nitrogens with zero attached hydrogens (tertiary/aromatic N) is 1. The number of likely N-dealkylation sites (N-methyl/N-ethyl adjacent to an activating group) is 1. The largest absolute Gasteiger partial charge is 0.380 e. The predicted octanol–water partition coefficient (Wildman–Crippen LogP) is 0.333. The van der Waals surface area contributed by atoms with Crippen molar-refractivity contribution in [2.24, 2.45) is 0 Å². The lowest BCUT2D eigenvalue weighted by Gasteiger charge is -2.29. The van der Waals surface area contributed by atoms with Crippen molar-refractivity contribution in [2.75, 3.05) is 52.6 Å². The smallest absolute Gasteiger partial charge is 0.0632 e. The number of hydrogen-bond donors (Lipinski definition) is 1. The Bertz CT molecular complexity index is 150. The summed E-state index contributed by atoms with van der Waals surface area (Å²) in [6, 6.07) is 0.486. The molecule has 0 saturated carbocycles. The highest BCUT2D eigenvalue weighted by molar-refractivity contribution is 4.74. The number of nitrogens with one attached hydrogen (secondary N) is 1. The first-order chi connectivity index (χ1) is 7.36. The molecule has 0 bridgehead atoms. The van der Waals surface area contributed by atoms with Gasteiger partial charge >= 0.3 is 0 Å². The molecule has 1 saturated heterocycles. The zero-order chi connectivity index (χ0) is 10.9. The van der Waals surface area contributed by atoms with Crippen molar-refractivity contribution in [2.45, 2.75) is 19.9 Å². The molecule has 1 aliphatic heterocycles. The molecular formula is C11H24N2O2. The third kappa shape index (κ3) is 5.47. The molecule has 1 heterocycles. The maximum atomic E-state index is 5.43. The van der Waals surface area contributed by atoms with Crippen LogP contribution in [0, 0.1) is 0 Å².